The van der Waals surface area contributed by atoms with Gasteiger partial charge in [0.25, 0.3) is 0 Å². The lowest BCUT2D eigenvalue weighted by molar-refractivity contribution is 0.312. The first-order valence-corrected chi connectivity index (χ1v) is 11.9. The van der Waals surface area contributed by atoms with Gasteiger partial charge in [-0.1, -0.05) is 12.1 Å². The van der Waals surface area contributed by atoms with Gasteiger partial charge in [0.1, 0.15) is 4.21 Å². The Labute approximate surface area is 166 Å². The number of piperazine rings is 1. The van der Waals surface area contributed by atoms with Crippen molar-refractivity contribution in [2.45, 2.75) is 36.4 Å². The van der Waals surface area contributed by atoms with E-state index in [0.717, 1.165) is 45.4 Å². The molecule has 1 aliphatic carbocycles. The Hall–Kier alpha value is -1.41. The van der Waals surface area contributed by atoms with Crippen molar-refractivity contribution in [3.63, 3.8) is 0 Å². The maximum absolute atomic E-state index is 12.6. The Bertz CT molecular complexity index is 902. The molecular formula is C20H27N3O2S2. The van der Waals surface area contributed by atoms with Crippen LogP contribution < -0.4 is 9.62 Å². The summed E-state index contributed by atoms with van der Waals surface area (Å²) >= 11 is 1.27. The van der Waals surface area contributed by atoms with Gasteiger partial charge in [-0.3, -0.25) is 0 Å². The summed E-state index contributed by atoms with van der Waals surface area (Å²) in [5, 5.41) is 1.81. The highest BCUT2D eigenvalue weighted by Gasteiger charge is 2.29. The molecule has 0 spiro atoms. The van der Waals surface area contributed by atoms with Gasteiger partial charge >= 0.3 is 0 Å². The van der Waals surface area contributed by atoms with Crippen molar-refractivity contribution in [1.82, 2.24) is 9.62 Å². The number of hydrogen-bond donors (Lipinski definition) is 1. The van der Waals surface area contributed by atoms with E-state index in [-0.39, 0.29) is 6.04 Å². The number of fused-ring (bicyclic) bond motifs is 1. The van der Waals surface area contributed by atoms with Crippen molar-refractivity contribution < 1.29 is 8.42 Å². The summed E-state index contributed by atoms with van der Waals surface area (Å²) in [6, 6.07) is 7.86. The van der Waals surface area contributed by atoms with Gasteiger partial charge < -0.3 is 9.80 Å². The molecule has 1 aromatic carbocycles. The van der Waals surface area contributed by atoms with Crippen LogP contribution in [0.5, 0.6) is 0 Å². The van der Waals surface area contributed by atoms with Gasteiger partial charge in [-0.2, -0.15) is 0 Å². The second-order valence-corrected chi connectivity index (χ2v) is 10.5. The molecule has 0 saturated carbocycles. The highest BCUT2D eigenvalue weighted by Crippen LogP contribution is 2.34. The predicted octanol–water partition coefficient (Wildman–Crippen LogP) is 2.64. The average Bonchev–Trinajstić information content (AvgIpc) is 3.18. The molecule has 2 aliphatic rings. The molecule has 0 bridgehead atoms. The number of hydrogen-bond acceptors (Lipinski definition) is 5. The first kappa shape index (κ1) is 18.9. The van der Waals surface area contributed by atoms with Gasteiger partial charge in [-0.05, 0) is 67.4 Å². The van der Waals surface area contributed by atoms with Crippen molar-refractivity contribution in [3.05, 3.63) is 46.3 Å². The van der Waals surface area contributed by atoms with Crippen molar-refractivity contribution in [1.29, 1.82) is 0 Å². The number of nitrogens with zero attached hydrogens (tertiary/aromatic N) is 2. The third kappa shape index (κ3) is 3.92. The zero-order chi connectivity index (χ0) is 19.0. The molecule has 2 heterocycles. The van der Waals surface area contributed by atoms with E-state index in [2.05, 4.69) is 40.6 Å². The Kier molecular flexibility index (Phi) is 5.29. The molecule has 2 aromatic rings. The number of aryl methyl sites for hydroxylation is 1. The maximum atomic E-state index is 12.6. The summed E-state index contributed by atoms with van der Waals surface area (Å²) in [5.41, 5.74) is 5.37. The number of benzene rings is 1. The van der Waals surface area contributed by atoms with Crippen LogP contribution in [0.4, 0.5) is 5.69 Å². The lowest BCUT2D eigenvalue weighted by atomic mass is 9.84. The second-order valence-electron chi connectivity index (χ2n) is 7.64. The third-order valence-electron chi connectivity index (χ3n) is 5.76. The number of sulfonamides is 1. The number of rotatable bonds is 4. The fraction of sp³-hybridized carbons (Fsp3) is 0.500. The van der Waals surface area contributed by atoms with Crippen molar-refractivity contribution in [3.8, 4) is 0 Å². The van der Waals surface area contributed by atoms with Crippen LogP contribution in [0.1, 0.15) is 23.1 Å². The van der Waals surface area contributed by atoms with E-state index in [4.69, 9.17) is 0 Å². The highest BCUT2D eigenvalue weighted by molar-refractivity contribution is 7.91. The van der Waals surface area contributed by atoms with E-state index in [1.165, 1.54) is 33.7 Å². The smallest absolute Gasteiger partial charge is 0.250 e. The first-order chi connectivity index (χ1) is 12.9. The van der Waals surface area contributed by atoms with Gasteiger partial charge in [0.2, 0.25) is 10.0 Å². The molecule has 0 unspecified atom stereocenters. The molecule has 1 N–H and O–H groups in total. The van der Waals surface area contributed by atoms with E-state index in [9.17, 15) is 8.42 Å². The van der Waals surface area contributed by atoms with Crippen molar-refractivity contribution in [2.75, 3.05) is 38.1 Å². The number of anilines is 1. The molecule has 1 aliphatic heterocycles. The normalized spacial score (nSPS) is 21.3. The predicted molar refractivity (Wildman–Crippen MR) is 111 cm³/mol. The Morgan fingerprint density at radius 2 is 1.89 bits per heavy atom. The lowest BCUT2D eigenvalue weighted by Crippen LogP contribution is -2.45. The Balaban J connectivity index is 1.58. The number of likely N-dealkylation sites (N-methyl/N-ethyl adjacent to an activating group) is 1. The summed E-state index contributed by atoms with van der Waals surface area (Å²) in [6.07, 6.45) is 2.55. The van der Waals surface area contributed by atoms with E-state index >= 15 is 0 Å². The van der Waals surface area contributed by atoms with Crippen LogP contribution >= 0.6 is 11.3 Å². The standard InChI is InChI=1S/C20H27N3O2S2/c1-15-5-8-19(23-11-9-22(2)10-12-23)18-14-16(6-7-17(15)18)21-27(24,25)20-4-3-13-26-20/h3-5,8,13,16,21H,6-7,9-12,14H2,1-2H3/t16-/m1/s1. The lowest BCUT2D eigenvalue weighted by Gasteiger charge is -2.37. The van der Waals surface area contributed by atoms with Gasteiger partial charge in [0.15, 0.2) is 0 Å². The Morgan fingerprint density at radius 3 is 2.59 bits per heavy atom. The quantitative estimate of drug-likeness (QED) is 0.850. The van der Waals surface area contributed by atoms with Gasteiger partial charge in [-0.25, -0.2) is 13.1 Å². The van der Waals surface area contributed by atoms with Crippen molar-refractivity contribution >= 4 is 27.0 Å². The molecule has 1 saturated heterocycles. The summed E-state index contributed by atoms with van der Waals surface area (Å²) in [7, 11) is -1.26. The van der Waals surface area contributed by atoms with Crippen molar-refractivity contribution in [2.24, 2.45) is 0 Å². The van der Waals surface area contributed by atoms with Crippen LogP contribution in [-0.2, 0) is 22.9 Å². The average molecular weight is 406 g/mol. The minimum Gasteiger partial charge on any atom is -0.369 e. The zero-order valence-electron chi connectivity index (χ0n) is 15.9. The minimum absolute atomic E-state index is 0.0439. The molecular weight excluding hydrogens is 378 g/mol. The molecule has 1 atom stereocenters. The fourth-order valence-electron chi connectivity index (χ4n) is 4.18. The van der Waals surface area contributed by atoms with Crippen LogP contribution in [0.2, 0.25) is 0 Å². The monoisotopic (exact) mass is 405 g/mol. The highest BCUT2D eigenvalue weighted by atomic mass is 32.2. The molecule has 0 radical (unpaired) electrons. The summed E-state index contributed by atoms with van der Waals surface area (Å²) in [5.74, 6) is 0. The number of nitrogens with one attached hydrogen (secondary N) is 1. The van der Waals surface area contributed by atoms with Crippen LogP contribution in [0.3, 0.4) is 0 Å². The second kappa shape index (κ2) is 7.54. The molecule has 4 rings (SSSR count). The van der Waals surface area contributed by atoms with Crippen LogP contribution in [0.15, 0.2) is 33.9 Å². The van der Waals surface area contributed by atoms with E-state index in [0.29, 0.717) is 4.21 Å². The largest absolute Gasteiger partial charge is 0.369 e. The summed E-state index contributed by atoms with van der Waals surface area (Å²) in [4.78, 5) is 4.82. The molecule has 1 aromatic heterocycles. The zero-order valence-corrected chi connectivity index (χ0v) is 17.6. The van der Waals surface area contributed by atoms with Gasteiger partial charge in [0, 0.05) is 37.9 Å². The van der Waals surface area contributed by atoms with Crippen LogP contribution in [0.25, 0.3) is 0 Å². The maximum Gasteiger partial charge on any atom is 0.250 e. The van der Waals surface area contributed by atoms with E-state index in [1.54, 1.807) is 17.5 Å². The molecule has 7 heteroatoms. The Morgan fingerprint density at radius 1 is 1.11 bits per heavy atom. The summed E-state index contributed by atoms with van der Waals surface area (Å²) in [6.45, 7) is 6.35. The minimum atomic E-state index is -3.43. The van der Waals surface area contributed by atoms with Crippen LogP contribution in [-0.4, -0.2) is 52.6 Å². The summed E-state index contributed by atoms with van der Waals surface area (Å²) < 4.78 is 28.6. The molecule has 5 nitrogen and oxygen atoms in total. The topological polar surface area (TPSA) is 52.6 Å². The third-order valence-corrected chi connectivity index (χ3v) is 8.68. The molecule has 1 fully saturated rings. The molecule has 0 amide bonds. The molecule has 146 valence electrons. The van der Waals surface area contributed by atoms with Crippen LogP contribution in [0, 0.1) is 6.92 Å². The van der Waals surface area contributed by atoms with Gasteiger partial charge in [-0.15, -0.1) is 11.3 Å². The van der Waals surface area contributed by atoms with E-state index in [1.807, 2.05) is 0 Å². The SMILES string of the molecule is Cc1ccc(N2CCN(C)CC2)c2c1CC[C@@H](NS(=O)(=O)c1cccs1)C2. The molecule has 27 heavy (non-hydrogen) atoms. The fourth-order valence-corrected chi connectivity index (χ4v) is 6.46. The van der Waals surface area contributed by atoms with E-state index < -0.39 is 10.0 Å². The first-order valence-electron chi connectivity index (χ1n) is 9.55. The van der Waals surface area contributed by atoms with Gasteiger partial charge in [0.05, 0.1) is 0 Å². The number of thiophene rings is 1.